The Morgan fingerprint density at radius 1 is 1.00 bits per heavy atom. The van der Waals surface area contributed by atoms with Crippen LogP contribution in [0.4, 0.5) is 11.8 Å². The average molecular weight is 340 g/mol. The van der Waals surface area contributed by atoms with Gasteiger partial charge >= 0.3 is 0 Å². The highest BCUT2D eigenvalue weighted by atomic mass is 32.2. The summed E-state index contributed by atoms with van der Waals surface area (Å²) in [5.74, 6) is 3.55. The van der Waals surface area contributed by atoms with E-state index in [1.54, 1.807) is 6.92 Å². The topological polar surface area (TPSA) is 72.7 Å². The van der Waals surface area contributed by atoms with Gasteiger partial charge < -0.3 is 20.0 Å². The molecule has 6 nitrogen and oxygen atoms in total. The van der Waals surface area contributed by atoms with Crippen molar-refractivity contribution in [2.45, 2.75) is 50.4 Å². The fraction of sp³-hybridized carbons (Fsp3) is 0.750. The third-order valence-corrected chi connectivity index (χ3v) is 4.98. The summed E-state index contributed by atoms with van der Waals surface area (Å²) in [7, 11) is 3.99. The van der Waals surface area contributed by atoms with E-state index in [2.05, 4.69) is 4.90 Å². The average Bonchev–Trinajstić information content (AvgIpc) is 2.97. The molecule has 2 rings (SSSR count). The number of aliphatic hydroxyl groups excluding tert-OH is 2. The number of hydrogen-bond acceptors (Lipinski definition) is 7. The fourth-order valence-corrected chi connectivity index (χ4v) is 3.51. The van der Waals surface area contributed by atoms with Crippen LogP contribution in [0.5, 0.6) is 0 Å². The van der Waals surface area contributed by atoms with Crippen LogP contribution in [0.25, 0.3) is 0 Å². The van der Waals surface area contributed by atoms with Gasteiger partial charge in [0.15, 0.2) is 0 Å². The van der Waals surface area contributed by atoms with Crippen LogP contribution >= 0.6 is 11.8 Å². The zero-order valence-electron chi connectivity index (χ0n) is 14.5. The smallest absolute Gasteiger partial charge is 0.227 e. The molecule has 7 heteroatoms. The van der Waals surface area contributed by atoms with Crippen LogP contribution in [0.2, 0.25) is 0 Å². The minimum absolute atomic E-state index is 0.310. The second kappa shape index (κ2) is 8.17. The molecule has 0 unspecified atom stereocenters. The Hall–Kier alpha value is -1.05. The molecule has 2 atom stereocenters. The van der Waals surface area contributed by atoms with E-state index in [4.69, 9.17) is 9.97 Å². The van der Waals surface area contributed by atoms with Crippen molar-refractivity contribution in [1.29, 1.82) is 0 Å². The predicted octanol–water partition coefficient (Wildman–Crippen LogP) is 1.64. The van der Waals surface area contributed by atoms with Gasteiger partial charge in [-0.2, -0.15) is 16.7 Å². The number of hydrogen-bond donors (Lipinski definition) is 2. The molecule has 0 fully saturated rings. The van der Waals surface area contributed by atoms with Gasteiger partial charge in [-0.15, -0.1) is 0 Å². The highest BCUT2D eigenvalue weighted by Gasteiger charge is 2.23. The predicted molar refractivity (Wildman–Crippen MR) is 96.2 cm³/mol. The van der Waals surface area contributed by atoms with Gasteiger partial charge in [0.05, 0.1) is 17.9 Å². The van der Waals surface area contributed by atoms with Crippen LogP contribution < -0.4 is 9.80 Å². The molecule has 1 aromatic heterocycles. The molecule has 1 aromatic rings. The van der Waals surface area contributed by atoms with E-state index in [0.717, 1.165) is 42.5 Å². The van der Waals surface area contributed by atoms with Gasteiger partial charge in [-0.25, -0.2) is 4.98 Å². The maximum absolute atomic E-state index is 9.51. The number of aromatic nitrogens is 2. The summed E-state index contributed by atoms with van der Waals surface area (Å²) < 4.78 is 0. The quantitative estimate of drug-likeness (QED) is 0.745. The van der Waals surface area contributed by atoms with Gasteiger partial charge in [0.25, 0.3) is 0 Å². The van der Waals surface area contributed by atoms with Crippen molar-refractivity contribution in [1.82, 2.24) is 9.97 Å². The van der Waals surface area contributed by atoms with Gasteiger partial charge in [-0.1, -0.05) is 0 Å². The summed E-state index contributed by atoms with van der Waals surface area (Å²) in [6.07, 6.45) is 0.777. The van der Waals surface area contributed by atoms with Crippen LogP contribution in [0, 0.1) is 0 Å². The molecular formula is C16H28N4O2S. The molecule has 0 radical (unpaired) electrons. The lowest BCUT2D eigenvalue weighted by molar-refractivity contribution is 0.186. The zero-order valence-corrected chi connectivity index (χ0v) is 15.3. The number of aliphatic hydroxyl groups is 2. The van der Waals surface area contributed by atoms with E-state index >= 15 is 0 Å². The highest BCUT2D eigenvalue weighted by molar-refractivity contribution is 7.98. The highest BCUT2D eigenvalue weighted by Crippen LogP contribution is 2.35. The van der Waals surface area contributed by atoms with E-state index in [-0.39, 0.29) is 12.2 Å². The SMILES string of the molecule is C[C@H](O)CCN(C)c1nc2c(c(N(C)CC[C@@H](C)O)n1)CSC2. The monoisotopic (exact) mass is 340 g/mol. The first kappa shape index (κ1) is 18.3. The maximum atomic E-state index is 9.51. The number of rotatable bonds is 8. The van der Waals surface area contributed by atoms with Gasteiger partial charge in [-0.05, 0) is 26.7 Å². The van der Waals surface area contributed by atoms with Crippen molar-refractivity contribution in [3.05, 3.63) is 11.3 Å². The first-order chi connectivity index (χ1) is 10.9. The zero-order chi connectivity index (χ0) is 17.0. The van der Waals surface area contributed by atoms with E-state index in [9.17, 15) is 10.2 Å². The van der Waals surface area contributed by atoms with Crippen molar-refractivity contribution in [2.24, 2.45) is 0 Å². The van der Waals surface area contributed by atoms with Crippen molar-refractivity contribution >= 4 is 23.5 Å². The third kappa shape index (κ3) is 4.96. The molecule has 0 bridgehead atoms. The Balaban J connectivity index is 2.20. The number of fused-ring (bicyclic) bond motifs is 1. The largest absolute Gasteiger partial charge is 0.393 e. The molecule has 0 aliphatic carbocycles. The molecular weight excluding hydrogens is 312 g/mol. The normalized spacial score (nSPS) is 16.1. The molecule has 2 heterocycles. The maximum Gasteiger partial charge on any atom is 0.227 e. The minimum Gasteiger partial charge on any atom is -0.393 e. The molecule has 0 saturated carbocycles. The van der Waals surface area contributed by atoms with E-state index in [1.807, 2.05) is 37.7 Å². The lowest BCUT2D eigenvalue weighted by Gasteiger charge is -2.24. The molecule has 0 amide bonds. The standard InChI is InChI=1S/C16H28N4O2S/c1-11(21)5-7-19(3)15-13-9-23-10-14(13)17-16(18-15)20(4)8-6-12(2)22/h11-12,21-22H,5-10H2,1-4H3/t11-,12+/m1/s1. The van der Waals surface area contributed by atoms with E-state index in [1.165, 1.54) is 5.56 Å². The van der Waals surface area contributed by atoms with Crippen LogP contribution in [-0.2, 0) is 11.5 Å². The van der Waals surface area contributed by atoms with Crippen molar-refractivity contribution < 1.29 is 10.2 Å². The molecule has 0 spiro atoms. The van der Waals surface area contributed by atoms with Crippen molar-refractivity contribution in [2.75, 3.05) is 37.0 Å². The van der Waals surface area contributed by atoms with Gasteiger partial charge in [0.2, 0.25) is 5.95 Å². The lowest BCUT2D eigenvalue weighted by atomic mass is 10.2. The van der Waals surface area contributed by atoms with Crippen LogP contribution in [0.3, 0.4) is 0 Å². The molecule has 2 N–H and O–H groups in total. The van der Waals surface area contributed by atoms with Gasteiger partial charge in [-0.3, -0.25) is 0 Å². The van der Waals surface area contributed by atoms with Crippen LogP contribution in [-0.4, -0.2) is 59.6 Å². The minimum atomic E-state index is -0.324. The molecule has 1 aliphatic rings. The Labute approximate surface area is 142 Å². The molecule has 0 aromatic carbocycles. The first-order valence-electron chi connectivity index (χ1n) is 8.14. The summed E-state index contributed by atoms with van der Waals surface area (Å²) in [5.41, 5.74) is 2.33. The first-order valence-corrected chi connectivity index (χ1v) is 9.30. The number of anilines is 2. The summed E-state index contributed by atoms with van der Waals surface area (Å²) in [6, 6.07) is 0. The number of thioether (sulfide) groups is 1. The Kier molecular flexibility index (Phi) is 6.50. The van der Waals surface area contributed by atoms with Crippen LogP contribution in [0.1, 0.15) is 37.9 Å². The van der Waals surface area contributed by atoms with Crippen molar-refractivity contribution in [3.8, 4) is 0 Å². The van der Waals surface area contributed by atoms with E-state index < -0.39 is 0 Å². The van der Waals surface area contributed by atoms with Crippen LogP contribution in [0.15, 0.2) is 0 Å². The van der Waals surface area contributed by atoms with E-state index in [0.29, 0.717) is 12.4 Å². The molecule has 130 valence electrons. The molecule has 0 saturated heterocycles. The Bertz CT molecular complexity index is 525. The summed E-state index contributed by atoms with van der Waals surface area (Å²) in [4.78, 5) is 13.6. The number of nitrogens with zero attached hydrogens (tertiary/aromatic N) is 4. The van der Waals surface area contributed by atoms with Crippen molar-refractivity contribution in [3.63, 3.8) is 0 Å². The lowest BCUT2D eigenvalue weighted by Crippen LogP contribution is -2.28. The summed E-state index contributed by atoms with van der Waals surface area (Å²) in [5, 5.41) is 19.0. The van der Waals surface area contributed by atoms with Gasteiger partial charge in [0, 0.05) is 44.3 Å². The second-order valence-corrected chi connectivity index (χ2v) is 7.37. The summed E-state index contributed by atoms with van der Waals surface area (Å²) in [6.45, 7) is 5.09. The fourth-order valence-electron chi connectivity index (χ4n) is 2.47. The Morgan fingerprint density at radius 3 is 2.22 bits per heavy atom. The molecule has 23 heavy (non-hydrogen) atoms. The second-order valence-electron chi connectivity index (χ2n) is 6.38. The summed E-state index contributed by atoms with van der Waals surface area (Å²) >= 11 is 1.86. The Morgan fingerprint density at radius 2 is 1.61 bits per heavy atom. The third-order valence-electron chi connectivity index (χ3n) is 4.01. The van der Waals surface area contributed by atoms with Gasteiger partial charge in [0.1, 0.15) is 5.82 Å². The molecule has 1 aliphatic heterocycles.